The lowest BCUT2D eigenvalue weighted by Crippen LogP contribution is -2.48. The molecule has 3 unspecified atom stereocenters. The van der Waals surface area contributed by atoms with Gasteiger partial charge in [-0.2, -0.15) is 0 Å². The minimum absolute atomic E-state index is 0.228. The van der Waals surface area contributed by atoms with Gasteiger partial charge in [-0.3, -0.25) is 0 Å². The molecule has 1 N–H and O–H groups in total. The number of hydrogen-bond acceptors (Lipinski definition) is 4. The minimum atomic E-state index is -2.78. The van der Waals surface area contributed by atoms with Gasteiger partial charge in [0.15, 0.2) is 9.84 Å². The van der Waals surface area contributed by atoms with Gasteiger partial charge in [-0.05, 0) is 44.7 Å². The summed E-state index contributed by atoms with van der Waals surface area (Å²) in [6, 6.07) is 0.228. The van der Waals surface area contributed by atoms with Gasteiger partial charge in [0.25, 0.3) is 0 Å². The first kappa shape index (κ1) is 16.2. The molecule has 1 aliphatic heterocycles. The predicted molar refractivity (Wildman–Crippen MR) is 83.7 cm³/mol. The molecule has 5 heteroatoms. The number of sulfone groups is 1. The summed E-state index contributed by atoms with van der Waals surface area (Å²) in [5, 5.41) is 3.37. The van der Waals surface area contributed by atoms with Crippen molar-refractivity contribution in [2.24, 2.45) is 11.3 Å². The summed E-state index contributed by atoms with van der Waals surface area (Å²) < 4.78 is 23.3. The van der Waals surface area contributed by atoms with E-state index >= 15 is 0 Å². The van der Waals surface area contributed by atoms with Gasteiger partial charge in [-0.1, -0.05) is 19.8 Å². The average molecular weight is 302 g/mol. The molecule has 0 aromatic carbocycles. The standard InChI is InChI=1S/C15H30N2O2S/c1-13-5-4-7-15(9-13,11-16-2)12-17(3)14-6-8-20(18,19)10-14/h13-14,16H,4-12H2,1-3H3. The fourth-order valence-electron chi connectivity index (χ4n) is 4.29. The number of rotatable bonds is 5. The Balaban J connectivity index is 2.00. The van der Waals surface area contributed by atoms with E-state index in [0.717, 1.165) is 25.4 Å². The van der Waals surface area contributed by atoms with Gasteiger partial charge >= 0.3 is 0 Å². The fourth-order valence-corrected chi connectivity index (χ4v) is 6.09. The fraction of sp³-hybridized carbons (Fsp3) is 1.00. The molecule has 0 radical (unpaired) electrons. The topological polar surface area (TPSA) is 49.4 Å². The maximum Gasteiger partial charge on any atom is 0.151 e. The summed E-state index contributed by atoms with van der Waals surface area (Å²) in [6.45, 7) is 4.42. The molecule has 1 saturated carbocycles. The summed E-state index contributed by atoms with van der Waals surface area (Å²) in [7, 11) is 1.36. The molecule has 2 fully saturated rings. The van der Waals surface area contributed by atoms with Crippen LogP contribution < -0.4 is 5.32 Å². The van der Waals surface area contributed by atoms with Crippen LogP contribution in [-0.2, 0) is 9.84 Å². The highest BCUT2D eigenvalue weighted by Gasteiger charge is 2.38. The normalized spacial score (nSPS) is 37.4. The molecule has 3 atom stereocenters. The molecule has 1 heterocycles. The van der Waals surface area contributed by atoms with Crippen LogP contribution in [0.5, 0.6) is 0 Å². The highest BCUT2D eigenvalue weighted by Crippen LogP contribution is 2.40. The molecule has 0 bridgehead atoms. The molecule has 20 heavy (non-hydrogen) atoms. The van der Waals surface area contributed by atoms with Crippen molar-refractivity contribution in [1.82, 2.24) is 10.2 Å². The van der Waals surface area contributed by atoms with Crippen LogP contribution >= 0.6 is 0 Å². The minimum Gasteiger partial charge on any atom is -0.319 e. The van der Waals surface area contributed by atoms with E-state index in [1.807, 2.05) is 7.05 Å². The summed E-state index contributed by atoms with van der Waals surface area (Å²) in [5.41, 5.74) is 0.327. The van der Waals surface area contributed by atoms with Gasteiger partial charge < -0.3 is 10.2 Å². The predicted octanol–water partition coefficient (Wildman–Crippen LogP) is 1.52. The van der Waals surface area contributed by atoms with Crippen LogP contribution in [-0.4, -0.2) is 58.1 Å². The monoisotopic (exact) mass is 302 g/mol. The van der Waals surface area contributed by atoms with Gasteiger partial charge in [-0.15, -0.1) is 0 Å². The Hall–Kier alpha value is -0.130. The lowest BCUT2D eigenvalue weighted by atomic mass is 9.69. The van der Waals surface area contributed by atoms with Crippen LogP contribution in [0.3, 0.4) is 0 Å². The molecule has 0 aromatic heterocycles. The highest BCUT2D eigenvalue weighted by molar-refractivity contribution is 7.91. The third-order valence-electron chi connectivity index (χ3n) is 5.15. The van der Waals surface area contributed by atoms with Crippen LogP contribution in [0.1, 0.15) is 39.0 Å². The molecule has 2 rings (SSSR count). The molecule has 1 saturated heterocycles. The Bertz CT molecular complexity index is 420. The summed E-state index contributed by atoms with van der Waals surface area (Å²) in [4.78, 5) is 2.32. The summed E-state index contributed by atoms with van der Waals surface area (Å²) >= 11 is 0. The molecule has 1 aliphatic carbocycles. The van der Waals surface area contributed by atoms with Crippen molar-refractivity contribution in [2.45, 2.75) is 45.1 Å². The van der Waals surface area contributed by atoms with E-state index < -0.39 is 9.84 Å². The van der Waals surface area contributed by atoms with Crippen molar-refractivity contribution in [3.05, 3.63) is 0 Å². The Morgan fingerprint density at radius 2 is 2.10 bits per heavy atom. The van der Waals surface area contributed by atoms with Crippen molar-refractivity contribution in [3.63, 3.8) is 0 Å². The Kier molecular flexibility index (Phi) is 5.14. The van der Waals surface area contributed by atoms with Gasteiger partial charge in [0.1, 0.15) is 0 Å². The van der Waals surface area contributed by atoms with Crippen LogP contribution in [0.15, 0.2) is 0 Å². The first-order valence-corrected chi connectivity index (χ1v) is 9.73. The maximum absolute atomic E-state index is 11.7. The van der Waals surface area contributed by atoms with Crippen LogP contribution in [0.4, 0.5) is 0 Å². The van der Waals surface area contributed by atoms with E-state index in [9.17, 15) is 8.42 Å². The first-order chi connectivity index (χ1) is 9.36. The van der Waals surface area contributed by atoms with Crippen LogP contribution in [0.2, 0.25) is 0 Å². The molecule has 0 aromatic rings. The van der Waals surface area contributed by atoms with Crippen molar-refractivity contribution < 1.29 is 8.42 Å². The third-order valence-corrected chi connectivity index (χ3v) is 6.90. The van der Waals surface area contributed by atoms with E-state index in [1.165, 1.54) is 25.7 Å². The van der Waals surface area contributed by atoms with Crippen LogP contribution in [0, 0.1) is 11.3 Å². The largest absolute Gasteiger partial charge is 0.319 e. The van der Waals surface area contributed by atoms with Gasteiger partial charge in [0, 0.05) is 19.1 Å². The summed E-state index contributed by atoms with van der Waals surface area (Å²) in [5.74, 6) is 1.52. The number of nitrogens with one attached hydrogen (secondary N) is 1. The van der Waals surface area contributed by atoms with Gasteiger partial charge in [-0.25, -0.2) is 8.42 Å². The third kappa shape index (κ3) is 3.95. The Labute approximate surface area is 124 Å². The molecule has 0 spiro atoms. The number of nitrogens with zero attached hydrogens (tertiary/aromatic N) is 1. The van der Waals surface area contributed by atoms with Crippen molar-refractivity contribution in [1.29, 1.82) is 0 Å². The van der Waals surface area contributed by atoms with E-state index in [2.05, 4.69) is 24.2 Å². The van der Waals surface area contributed by atoms with E-state index in [0.29, 0.717) is 16.9 Å². The Morgan fingerprint density at radius 1 is 1.35 bits per heavy atom. The molecule has 2 aliphatic rings. The second-order valence-electron chi connectivity index (χ2n) is 7.20. The lowest BCUT2D eigenvalue weighted by Gasteiger charge is -2.43. The van der Waals surface area contributed by atoms with E-state index in [-0.39, 0.29) is 6.04 Å². The maximum atomic E-state index is 11.7. The SMILES string of the molecule is CNCC1(CN(C)C2CCS(=O)(=O)C2)CCCC(C)C1. The second-order valence-corrected chi connectivity index (χ2v) is 9.43. The zero-order valence-corrected chi connectivity index (χ0v) is 14.0. The van der Waals surface area contributed by atoms with E-state index in [1.54, 1.807) is 0 Å². The Morgan fingerprint density at radius 3 is 2.65 bits per heavy atom. The molecule has 0 amide bonds. The first-order valence-electron chi connectivity index (χ1n) is 7.91. The second kappa shape index (κ2) is 6.32. The zero-order valence-electron chi connectivity index (χ0n) is 13.2. The molecular weight excluding hydrogens is 272 g/mol. The van der Waals surface area contributed by atoms with Crippen molar-refractivity contribution in [2.75, 3.05) is 38.7 Å². The van der Waals surface area contributed by atoms with Crippen molar-refractivity contribution >= 4 is 9.84 Å². The zero-order chi connectivity index (χ0) is 14.8. The average Bonchev–Trinajstić information content (AvgIpc) is 2.70. The lowest BCUT2D eigenvalue weighted by molar-refractivity contribution is 0.0790. The smallest absolute Gasteiger partial charge is 0.151 e. The highest BCUT2D eigenvalue weighted by atomic mass is 32.2. The van der Waals surface area contributed by atoms with Crippen LogP contribution in [0.25, 0.3) is 0 Å². The van der Waals surface area contributed by atoms with Gasteiger partial charge in [0.2, 0.25) is 0 Å². The summed E-state index contributed by atoms with van der Waals surface area (Å²) in [6.07, 6.45) is 5.98. The van der Waals surface area contributed by atoms with E-state index in [4.69, 9.17) is 0 Å². The molecule has 4 nitrogen and oxygen atoms in total. The van der Waals surface area contributed by atoms with Gasteiger partial charge in [0.05, 0.1) is 11.5 Å². The quantitative estimate of drug-likeness (QED) is 0.836. The number of hydrogen-bond donors (Lipinski definition) is 1. The van der Waals surface area contributed by atoms with Crippen molar-refractivity contribution in [3.8, 4) is 0 Å². The molecule has 118 valence electrons. The molecular formula is C15H30N2O2S.